The number of aliphatic imine (C=N–C) groups is 1. The van der Waals surface area contributed by atoms with Crippen molar-refractivity contribution in [1.82, 2.24) is 10.2 Å². The second-order valence-electron chi connectivity index (χ2n) is 6.20. The van der Waals surface area contributed by atoms with Gasteiger partial charge in [-0.3, -0.25) is 9.20 Å². The van der Waals surface area contributed by atoms with Gasteiger partial charge in [-0.1, -0.05) is 32.0 Å². The van der Waals surface area contributed by atoms with E-state index in [1.807, 2.05) is 30.3 Å². The van der Waals surface area contributed by atoms with Crippen molar-refractivity contribution in [3.05, 3.63) is 30.3 Å². The van der Waals surface area contributed by atoms with Gasteiger partial charge in [0.15, 0.2) is 5.96 Å². The predicted octanol–water partition coefficient (Wildman–Crippen LogP) is 2.83. The number of hydrogen-bond donors (Lipinski definition) is 1. The molecular formula is C18H29N3OS2. The molecule has 6 heteroatoms. The molecule has 1 aliphatic heterocycles. The number of thioether (sulfide) groups is 1. The lowest BCUT2D eigenvalue weighted by atomic mass is 10.1. The molecule has 1 saturated heterocycles. The lowest BCUT2D eigenvalue weighted by Gasteiger charge is -2.36. The zero-order valence-electron chi connectivity index (χ0n) is 14.9. The number of rotatable bonds is 6. The Morgan fingerprint density at radius 1 is 1.42 bits per heavy atom. The van der Waals surface area contributed by atoms with E-state index in [1.165, 1.54) is 0 Å². The maximum Gasteiger partial charge on any atom is 0.194 e. The lowest BCUT2D eigenvalue weighted by Crippen LogP contribution is -2.49. The summed E-state index contributed by atoms with van der Waals surface area (Å²) in [4.78, 5) is 7.96. The molecule has 0 bridgehead atoms. The topological polar surface area (TPSA) is 44.7 Å². The van der Waals surface area contributed by atoms with Gasteiger partial charge in [0, 0.05) is 41.3 Å². The van der Waals surface area contributed by atoms with Crippen LogP contribution in [0.25, 0.3) is 0 Å². The first kappa shape index (κ1) is 19.3. The third-order valence-corrected chi connectivity index (χ3v) is 6.91. The molecule has 24 heavy (non-hydrogen) atoms. The molecule has 2 atom stereocenters. The highest BCUT2D eigenvalue weighted by atomic mass is 32.2. The van der Waals surface area contributed by atoms with Crippen molar-refractivity contribution < 1.29 is 4.21 Å². The van der Waals surface area contributed by atoms with E-state index in [-0.39, 0.29) is 0 Å². The molecule has 1 heterocycles. The zero-order chi connectivity index (χ0) is 17.4. The van der Waals surface area contributed by atoms with E-state index in [9.17, 15) is 4.21 Å². The zero-order valence-corrected chi connectivity index (χ0v) is 16.5. The van der Waals surface area contributed by atoms with E-state index in [4.69, 9.17) is 4.99 Å². The molecule has 2 rings (SSSR count). The fraction of sp³-hybridized carbons (Fsp3) is 0.611. The molecule has 134 valence electrons. The van der Waals surface area contributed by atoms with Crippen LogP contribution in [0, 0.1) is 5.92 Å². The van der Waals surface area contributed by atoms with Crippen LogP contribution in [-0.4, -0.2) is 58.0 Å². The molecular weight excluding hydrogens is 338 g/mol. The summed E-state index contributed by atoms with van der Waals surface area (Å²) in [6.45, 7) is 10.2. The van der Waals surface area contributed by atoms with Crippen LogP contribution in [0.3, 0.4) is 0 Å². The number of nitrogens with one attached hydrogen (secondary N) is 1. The quantitative estimate of drug-likeness (QED) is 0.620. The summed E-state index contributed by atoms with van der Waals surface area (Å²) in [5.74, 6) is 3.35. The summed E-state index contributed by atoms with van der Waals surface area (Å²) in [6, 6.07) is 9.64. The van der Waals surface area contributed by atoms with Crippen LogP contribution in [-0.2, 0) is 10.8 Å². The first-order chi connectivity index (χ1) is 11.6. The van der Waals surface area contributed by atoms with Crippen molar-refractivity contribution in [2.24, 2.45) is 10.9 Å². The summed E-state index contributed by atoms with van der Waals surface area (Å²) in [6.07, 6.45) is 0. The van der Waals surface area contributed by atoms with Crippen LogP contribution >= 0.6 is 11.8 Å². The monoisotopic (exact) mass is 367 g/mol. The first-order valence-corrected chi connectivity index (χ1v) is 11.1. The molecule has 1 aromatic carbocycles. The van der Waals surface area contributed by atoms with Crippen molar-refractivity contribution in [1.29, 1.82) is 0 Å². The summed E-state index contributed by atoms with van der Waals surface area (Å²) >= 11 is 2.06. The molecule has 1 aliphatic rings. The van der Waals surface area contributed by atoms with Crippen molar-refractivity contribution in [2.75, 3.05) is 37.7 Å². The number of benzene rings is 1. The number of guanidine groups is 1. The average Bonchev–Trinajstić information content (AvgIpc) is 2.61. The Balaban J connectivity index is 1.94. The SMILES string of the molecule is CCNC(=NCCS(=O)c1ccccc1)N1CCSC(C(C)C)C1. The summed E-state index contributed by atoms with van der Waals surface area (Å²) < 4.78 is 12.3. The molecule has 1 aromatic rings. The third-order valence-electron chi connectivity index (χ3n) is 4.02. The fourth-order valence-corrected chi connectivity index (χ4v) is 4.87. The van der Waals surface area contributed by atoms with Crippen molar-refractivity contribution in [3.63, 3.8) is 0 Å². The van der Waals surface area contributed by atoms with Gasteiger partial charge in [-0.2, -0.15) is 11.8 Å². The maximum absolute atomic E-state index is 12.3. The lowest BCUT2D eigenvalue weighted by molar-refractivity contribution is 0.381. The van der Waals surface area contributed by atoms with E-state index in [2.05, 4.69) is 42.7 Å². The van der Waals surface area contributed by atoms with Gasteiger partial charge in [-0.05, 0) is 25.0 Å². The van der Waals surface area contributed by atoms with Gasteiger partial charge in [-0.15, -0.1) is 0 Å². The molecule has 0 aliphatic carbocycles. The summed E-state index contributed by atoms with van der Waals surface area (Å²) in [7, 11) is -0.981. The van der Waals surface area contributed by atoms with Gasteiger partial charge in [0.2, 0.25) is 0 Å². The second-order valence-corrected chi connectivity index (χ2v) is 9.12. The van der Waals surface area contributed by atoms with E-state index in [0.29, 0.717) is 23.5 Å². The van der Waals surface area contributed by atoms with Gasteiger partial charge >= 0.3 is 0 Å². The van der Waals surface area contributed by atoms with Crippen LogP contribution in [0.5, 0.6) is 0 Å². The van der Waals surface area contributed by atoms with Gasteiger partial charge < -0.3 is 10.2 Å². The fourth-order valence-electron chi connectivity index (χ4n) is 2.62. The highest BCUT2D eigenvalue weighted by Crippen LogP contribution is 2.24. The first-order valence-electron chi connectivity index (χ1n) is 8.70. The summed E-state index contributed by atoms with van der Waals surface area (Å²) in [5.41, 5.74) is 0. The normalized spacial score (nSPS) is 20.2. The van der Waals surface area contributed by atoms with Gasteiger partial charge in [0.25, 0.3) is 0 Å². The molecule has 0 amide bonds. The largest absolute Gasteiger partial charge is 0.357 e. The van der Waals surface area contributed by atoms with Gasteiger partial charge in [0.05, 0.1) is 17.3 Å². The van der Waals surface area contributed by atoms with Gasteiger partial charge in [0.1, 0.15) is 0 Å². The van der Waals surface area contributed by atoms with E-state index >= 15 is 0 Å². The average molecular weight is 368 g/mol. The van der Waals surface area contributed by atoms with Crippen LogP contribution in [0.15, 0.2) is 40.2 Å². The standard InChI is InChI=1S/C18H29N3OS2/c1-4-19-18(21-11-12-23-17(14-21)15(2)3)20-10-13-24(22)16-8-6-5-7-9-16/h5-9,15,17H,4,10-14H2,1-3H3,(H,19,20). The Labute approximate surface area is 153 Å². The van der Waals surface area contributed by atoms with Crippen molar-refractivity contribution in [3.8, 4) is 0 Å². The second kappa shape index (κ2) is 10.1. The predicted molar refractivity (Wildman–Crippen MR) is 106 cm³/mol. The molecule has 0 aromatic heterocycles. The van der Waals surface area contributed by atoms with E-state index in [0.717, 1.165) is 36.2 Å². The highest BCUT2D eigenvalue weighted by molar-refractivity contribution is 8.00. The van der Waals surface area contributed by atoms with Crippen LogP contribution in [0.2, 0.25) is 0 Å². The number of nitrogens with zero attached hydrogens (tertiary/aromatic N) is 2. The van der Waals surface area contributed by atoms with E-state index in [1.54, 1.807) is 0 Å². The Kier molecular flexibility index (Phi) is 8.12. The minimum atomic E-state index is -0.981. The Bertz CT molecular complexity index is 548. The molecule has 4 nitrogen and oxygen atoms in total. The number of hydrogen-bond acceptors (Lipinski definition) is 3. The molecule has 1 fully saturated rings. The van der Waals surface area contributed by atoms with Crippen LogP contribution < -0.4 is 5.32 Å². The Hall–Kier alpha value is -1.01. The molecule has 0 spiro atoms. The van der Waals surface area contributed by atoms with Crippen molar-refractivity contribution in [2.45, 2.75) is 30.9 Å². The Morgan fingerprint density at radius 3 is 2.83 bits per heavy atom. The molecule has 1 N–H and O–H groups in total. The molecule has 0 saturated carbocycles. The van der Waals surface area contributed by atoms with Crippen LogP contribution in [0.1, 0.15) is 20.8 Å². The highest BCUT2D eigenvalue weighted by Gasteiger charge is 2.24. The van der Waals surface area contributed by atoms with Crippen molar-refractivity contribution >= 4 is 28.5 Å². The Morgan fingerprint density at radius 2 is 2.17 bits per heavy atom. The summed E-state index contributed by atoms with van der Waals surface area (Å²) in [5, 5.41) is 4.05. The smallest absolute Gasteiger partial charge is 0.194 e. The molecule has 0 radical (unpaired) electrons. The third kappa shape index (κ3) is 5.81. The maximum atomic E-state index is 12.3. The minimum absolute atomic E-state index is 0.565. The molecule has 2 unspecified atom stereocenters. The minimum Gasteiger partial charge on any atom is -0.357 e. The van der Waals surface area contributed by atoms with Crippen LogP contribution in [0.4, 0.5) is 0 Å². The van der Waals surface area contributed by atoms with E-state index < -0.39 is 10.8 Å². The van der Waals surface area contributed by atoms with Gasteiger partial charge in [-0.25, -0.2) is 0 Å².